The van der Waals surface area contributed by atoms with Gasteiger partial charge in [-0.05, 0) is 31.5 Å². The minimum absolute atomic E-state index is 0.147. The molecule has 0 atom stereocenters. The van der Waals surface area contributed by atoms with Gasteiger partial charge < -0.3 is 10.6 Å². The van der Waals surface area contributed by atoms with Crippen molar-refractivity contribution in [2.75, 3.05) is 5.32 Å². The van der Waals surface area contributed by atoms with Gasteiger partial charge in [-0.1, -0.05) is 6.07 Å². The van der Waals surface area contributed by atoms with Crippen molar-refractivity contribution in [2.45, 2.75) is 25.8 Å². The molecule has 92 valence electrons. The molecule has 0 spiro atoms. The smallest absolute Gasteiger partial charge is 0.252 e. The highest BCUT2D eigenvalue weighted by atomic mass is 16.2. The number of hydrogen-bond acceptors (Lipinski definition) is 3. The molecule has 0 aromatic heterocycles. The monoisotopic (exact) mass is 243 g/mol. The van der Waals surface area contributed by atoms with E-state index in [0.29, 0.717) is 11.3 Å². The van der Waals surface area contributed by atoms with Crippen molar-refractivity contribution in [3.05, 3.63) is 29.3 Å². The lowest BCUT2D eigenvalue weighted by Crippen LogP contribution is -2.32. The molecule has 0 fully saturated rings. The van der Waals surface area contributed by atoms with Crippen LogP contribution in [0.3, 0.4) is 0 Å². The molecule has 0 radical (unpaired) electrons. The Labute approximate surface area is 105 Å². The fourth-order valence-electron chi connectivity index (χ4n) is 2.05. The minimum atomic E-state index is -0.387. The standard InChI is InChI=1S/C13H13N3O2/c1-13(2)10-4-3-8(15-11(17)5-6-14)7-9(10)12(18)16-13/h3-4,7H,5H2,1-2H3,(H,15,17)(H,16,18). The van der Waals surface area contributed by atoms with Crippen LogP contribution in [0.15, 0.2) is 18.2 Å². The summed E-state index contributed by atoms with van der Waals surface area (Å²) in [4.78, 5) is 23.1. The Morgan fingerprint density at radius 1 is 1.50 bits per heavy atom. The number of nitriles is 1. The highest BCUT2D eigenvalue weighted by Crippen LogP contribution is 2.32. The molecule has 0 aliphatic carbocycles. The second-order valence-electron chi connectivity index (χ2n) is 4.72. The molecular weight excluding hydrogens is 230 g/mol. The number of rotatable bonds is 2. The molecule has 0 saturated carbocycles. The van der Waals surface area contributed by atoms with Crippen molar-refractivity contribution in [2.24, 2.45) is 0 Å². The molecule has 0 unspecified atom stereocenters. The van der Waals surface area contributed by atoms with E-state index in [9.17, 15) is 9.59 Å². The normalized spacial score (nSPS) is 15.5. The maximum Gasteiger partial charge on any atom is 0.252 e. The van der Waals surface area contributed by atoms with E-state index in [4.69, 9.17) is 5.26 Å². The first-order valence-electron chi connectivity index (χ1n) is 5.58. The van der Waals surface area contributed by atoms with Gasteiger partial charge in [0.05, 0.1) is 11.6 Å². The van der Waals surface area contributed by atoms with Crippen LogP contribution in [0.4, 0.5) is 5.69 Å². The van der Waals surface area contributed by atoms with Crippen LogP contribution in [0.2, 0.25) is 0 Å². The maximum absolute atomic E-state index is 11.8. The van der Waals surface area contributed by atoms with E-state index in [2.05, 4.69) is 10.6 Å². The van der Waals surface area contributed by atoms with Gasteiger partial charge in [-0.25, -0.2) is 0 Å². The predicted molar refractivity (Wildman–Crippen MR) is 65.8 cm³/mol. The third kappa shape index (κ3) is 2.05. The van der Waals surface area contributed by atoms with Gasteiger partial charge in [0.1, 0.15) is 6.42 Å². The van der Waals surface area contributed by atoms with Crippen LogP contribution in [-0.4, -0.2) is 11.8 Å². The van der Waals surface area contributed by atoms with E-state index in [1.54, 1.807) is 18.2 Å². The van der Waals surface area contributed by atoms with Gasteiger partial charge in [0.15, 0.2) is 0 Å². The molecule has 5 nitrogen and oxygen atoms in total. The lowest BCUT2D eigenvalue weighted by Gasteiger charge is -2.18. The number of hydrogen-bond donors (Lipinski definition) is 2. The maximum atomic E-state index is 11.8. The van der Waals surface area contributed by atoms with E-state index in [1.165, 1.54) is 0 Å². The number of benzene rings is 1. The Hall–Kier alpha value is -2.35. The molecule has 2 rings (SSSR count). The average molecular weight is 243 g/mol. The Morgan fingerprint density at radius 2 is 2.22 bits per heavy atom. The number of fused-ring (bicyclic) bond motifs is 1. The number of carbonyl (C=O) groups excluding carboxylic acids is 2. The number of nitrogens with zero attached hydrogens (tertiary/aromatic N) is 1. The zero-order valence-corrected chi connectivity index (χ0v) is 10.2. The quantitative estimate of drug-likeness (QED) is 0.826. The summed E-state index contributed by atoms with van der Waals surface area (Å²) in [5.41, 5.74) is 1.61. The zero-order valence-electron chi connectivity index (χ0n) is 10.2. The van der Waals surface area contributed by atoms with Gasteiger partial charge in [0.25, 0.3) is 5.91 Å². The van der Waals surface area contributed by atoms with E-state index >= 15 is 0 Å². The third-order valence-electron chi connectivity index (χ3n) is 2.89. The van der Waals surface area contributed by atoms with Crippen LogP contribution >= 0.6 is 0 Å². The first kappa shape index (κ1) is 12.1. The number of amides is 2. The summed E-state index contributed by atoms with van der Waals surface area (Å²) in [6, 6.07) is 6.95. The largest absolute Gasteiger partial charge is 0.343 e. The summed E-state index contributed by atoms with van der Waals surface area (Å²) < 4.78 is 0. The predicted octanol–water partition coefficient (Wildman–Crippen LogP) is 1.52. The van der Waals surface area contributed by atoms with Crippen molar-refractivity contribution in [1.82, 2.24) is 5.32 Å². The van der Waals surface area contributed by atoms with Crippen LogP contribution in [0.5, 0.6) is 0 Å². The van der Waals surface area contributed by atoms with Gasteiger partial charge >= 0.3 is 0 Å². The van der Waals surface area contributed by atoms with Crippen molar-refractivity contribution >= 4 is 17.5 Å². The number of carbonyl (C=O) groups is 2. The number of nitrogens with one attached hydrogen (secondary N) is 2. The van der Waals surface area contributed by atoms with Crippen LogP contribution < -0.4 is 10.6 Å². The van der Waals surface area contributed by atoms with Gasteiger partial charge in [0, 0.05) is 11.3 Å². The van der Waals surface area contributed by atoms with Crippen LogP contribution in [-0.2, 0) is 10.3 Å². The highest BCUT2D eigenvalue weighted by Gasteiger charge is 2.34. The molecule has 1 aromatic carbocycles. The van der Waals surface area contributed by atoms with Crippen molar-refractivity contribution in [3.63, 3.8) is 0 Å². The summed E-state index contributed by atoms with van der Waals surface area (Å²) in [5, 5.41) is 13.8. The minimum Gasteiger partial charge on any atom is -0.343 e. The zero-order chi connectivity index (χ0) is 13.3. The molecule has 18 heavy (non-hydrogen) atoms. The molecule has 1 aliphatic rings. The van der Waals surface area contributed by atoms with Gasteiger partial charge in [0.2, 0.25) is 5.91 Å². The summed E-state index contributed by atoms with van der Waals surface area (Å²) in [7, 11) is 0. The highest BCUT2D eigenvalue weighted by molar-refractivity contribution is 6.02. The molecule has 1 aromatic rings. The fourth-order valence-corrected chi connectivity index (χ4v) is 2.05. The lowest BCUT2D eigenvalue weighted by molar-refractivity contribution is -0.115. The summed E-state index contributed by atoms with van der Waals surface area (Å²) >= 11 is 0. The molecule has 1 aliphatic heterocycles. The van der Waals surface area contributed by atoms with Crippen LogP contribution in [0, 0.1) is 11.3 Å². The molecular formula is C13H13N3O2. The summed E-state index contributed by atoms with van der Waals surface area (Å²) in [6.45, 7) is 3.84. The molecule has 5 heteroatoms. The van der Waals surface area contributed by atoms with Crippen molar-refractivity contribution < 1.29 is 9.59 Å². The third-order valence-corrected chi connectivity index (χ3v) is 2.89. The summed E-state index contributed by atoms with van der Waals surface area (Å²) in [5.74, 6) is -0.526. The number of anilines is 1. The Kier molecular flexibility index (Phi) is 2.79. The second kappa shape index (κ2) is 4.15. The van der Waals surface area contributed by atoms with Gasteiger partial charge in [-0.2, -0.15) is 5.26 Å². The SMILES string of the molecule is CC1(C)NC(=O)c2cc(NC(=O)CC#N)ccc21. The molecule has 1 heterocycles. The van der Waals surface area contributed by atoms with Gasteiger partial charge in [-0.3, -0.25) is 9.59 Å². The van der Waals surface area contributed by atoms with Crippen molar-refractivity contribution in [1.29, 1.82) is 5.26 Å². The Bertz CT molecular complexity index is 570. The van der Waals surface area contributed by atoms with E-state index in [1.807, 2.05) is 19.9 Å². The fraction of sp³-hybridized carbons (Fsp3) is 0.308. The Balaban J connectivity index is 2.29. The van der Waals surface area contributed by atoms with E-state index < -0.39 is 0 Å². The topological polar surface area (TPSA) is 82.0 Å². The van der Waals surface area contributed by atoms with Crippen LogP contribution in [0.25, 0.3) is 0 Å². The molecule has 0 bridgehead atoms. The van der Waals surface area contributed by atoms with E-state index in [-0.39, 0.29) is 23.8 Å². The second-order valence-corrected chi connectivity index (χ2v) is 4.72. The van der Waals surface area contributed by atoms with E-state index in [0.717, 1.165) is 5.56 Å². The van der Waals surface area contributed by atoms with Crippen LogP contribution in [0.1, 0.15) is 36.2 Å². The molecule has 2 amide bonds. The lowest BCUT2D eigenvalue weighted by atomic mass is 9.94. The van der Waals surface area contributed by atoms with Crippen molar-refractivity contribution in [3.8, 4) is 6.07 Å². The average Bonchev–Trinajstić information content (AvgIpc) is 2.49. The molecule has 2 N–H and O–H groups in total. The van der Waals surface area contributed by atoms with Gasteiger partial charge in [-0.15, -0.1) is 0 Å². The summed E-state index contributed by atoms with van der Waals surface area (Å²) in [6.07, 6.45) is -0.200. The first-order valence-corrected chi connectivity index (χ1v) is 5.58. The first-order chi connectivity index (χ1) is 8.44. The Morgan fingerprint density at radius 3 is 2.89 bits per heavy atom. The molecule has 0 saturated heterocycles.